The number of halogens is 2. The first-order valence-corrected chi connectivity index (χ1v) is 10.5. The molecule has 1 aliphatic carbocycles. The summed E-state index contributed by atoms with van der Waals surface area (Å²) in [5, 5.41) is 0.787. The molecule has 2 aromatic carbocycles. The van der Waals surface area contributed by atoms with Crippen molar-refractivity contribution >= 4 is 27.5 Å². The smallest absolute Gasteiger partial charge is 0.0958 e. The van der Waals surface area contributed by atoms with Crippen molar-refractivity contribution in [1.82, 2.24) is 9.55 Å². The Morgan fingerprint density at radius 2 is 1.81 bits per heavy atom. The van der Waals surface area contributed by atoms with Gasteiger partial charge in [-0.25, -0.2) is 4.98 Å². The molecule has 1 aromatic heterocycles. The Balaban J connectivity index is 1.72. The van der Waals surface area contributed by atoms with E-state index in [1.54, 1.807) is 0 Å². The number of imidazole rings is 1. The average Bonchev–Trinajstić information content (AvgIpc) is 3.14. The molecule has 1 heterocycles. The largest absolute Gasteiger partial charge is 0.325 e. The van der Waals surface area contributed by atoms with Crippen LogP contribution in [0.4, 0.5) is 0 Å². The average molecular weight is 430 g/mol. The van der Waals surface area contributed by atoms with E-state index in [9.17, 15) is 0 Å². The highest BCUT2D eigenvalue weighted by Crippen LogP contribution is 2.37. The maximum atomic E-state index is 6.55. The monoisotopic (exact) mass is 428 g/mol. The van der Waals surface area contributed by atoms with E-state index in [-0.39, 0.29) is 6.04 Å². The van der Waals surface area contributed by atoms with Crippen molar-refractivity contribution in [3.05, 3.63) is 89.0 Å². The number of hydrogen-bond acceptors (Lipinski definition) is 1. The summed E-state index contributed by atoms with van der Waals surface area (Å²) in [5.41, 5.74) is 3.51. The van der Waals surface area contributed by atoms with Gasteiger partial charge in [-0.15, -0.1) is 0 Å². The van der Waals surface area contributed by atoms with E-state index in [1.165, 1.54) is 36.9 Å². The van der Waals surface area contributed by atoms with Gasteiger partial charge in [-0.05, 0) is 36.5 Å². The minimum Gasteiger partial charge on any atom is -0.325 e. The zero-order valence-electron chi connectivity index (χ0n) is 14.6. The molecule has 1 saturated carbocycles. The van der Waals surface area contributed by atoms with Crippen LogP contribution >= 0.6 is 27.5 Å². The summed E-state index contributed by atoms with van der Waals surface area (Å²) in [6, 6.07) is 18.6. The molecule has 134 valence electrons. The van der Waals surface area contributed by atoms with E-state index in [1.807, 2.05) is 30.6 Å². The molecule has 0 N–H and O–H groups in total. The van der Waals surface area contributed by atoms with E-state index in [0.29, 0.717) is 10.7 Å². The highest BCUT2D eigenvalue weighted by molar-refractivity contribution is 9.09. The Hall–Kier alpha value is -1.58. The van der Waals surface area contributed by atoms with E-state index >= 15 is 0 Å². The quantitative estimate of drug-likeness (QED) is 0.427. The van der Waals surface area contributed by atoms with Gasteiger partial charge in [0.05, 0.1) is 18.1 Å². The van der Waals surface area contributed by atoms with Crippen LogP contribution in [0.15, 0.2) is 67.1 Å². The molecule has 0 bridgehead atoms. The summed E-state index contributed by atoms with van der Waals surface area (Å²) in [6.07, 6.45) is 9.11. The molecule has 1 fully saturated rings. The van der Waals surface area contributed by atoms with Gasteiger partial charge in [0.15, 0.2) is 0 Å². The number of alkyl halides is 1. The van der Waals surface area contributed by atoms with Crippen LogP contribution < -0.4 is 0 Å². The molecule has 3 unspecified atom stereocenters. The lowest BCUT2D eigenvalue weighted by Crippen LogP contribution is -2.14. The molecule has 4 rings (SSSR count). The van der Waals surface area contributed by atoms with Crippen LogP contribution in [-0.2, 0) is 0 Å². The molecule has 1 aliphatic rings. The Morgan fingerprint density at radius 1 is 1.04 bits per heavy atom. The predicted molar refractivity (Wildman–Crippen MR) is 111 cm³/mol. The SMILES string of the molecule is Clc1ccccc1C(c1ccccc1)n1cnc(C2CCCC(Br)C2)c1. The number of benzene rings is 2. The minimum absolute atomic E-state index is 0.0366. The van der Waals surface area contributed by atoms with Crippen LogP contribution in [0.1, 0.15) is 54.5 Å². The third-order valence-electron chi connectivity index (χ3n) is 5.26. The molecule has 4 heteroatoms. The fourth-order valence-corrected chi connectivity index (χ4v) is 4.96. The maximum absolute atomic E-state index is 6.55. The Morgan fingerprint density at radius 3 is 2.58 bits per heavy atom. The van der Waals surface area contributed by atoms with Gasteiger partial charge in [-0.3, -0.25) is 0 Å². The number of nitrogens with zero attached hydrogens (tertiary/aromatic N) is 2. The summed E-state index contributed by atoms with van der Waals surface area (Å²) in [6.45, 7) is 0. The van der Waals surface area contributed by atoms with Gasteiger partial charge < -0.3 is 4.57 Å². The summed E-state index contributed by atoms with van der Waals surface area (Å²) in [5.74, 6) is 0.539. The normalized spacial score (nSPS) is 21.5. The van der Waals surface area contributed by atoms with Crippen molar-refractivity contribution in [3.8, 4) is 0 Å². The van der Waals surface area contributed by atoms with Crippen molar-refractivity contribution in [2.24, 2.45) is 0 Å². The maximum Gasteiger partial charge on any atom is 0.0958 e. The topological polar surface area (TPSA) is 17.8 Å². The van der Waals surface area contributed by atoms with Crippen molar-refractivity contribution in [2.45, 2.75) is 42.5 Å². The van der Waals surface area contributed by atoms with Crippen molar-refractivity contribution < 1.29 is 0 Å². The van der Waals surface area contributed by atoms with Crippen molar-refractivity contribution in [2.75, 3.05) is 0 Å². The molecule has 0 amide bonds. The number of rotatable bonds is 4. The summed E-state index contributed by atoms with van der Waals surface area (Å²) in [4.78, 5) is 5.39. The lowest BCUT2D eigenvalue weighted by atomic mass is 9.87. The lowest BCUT2D eigenvalue weighted by molar-refractivity contribution is 0.451. The van der Waals surface area contributed by atoms with Crippen LogP contribution in [-0.4, -0.2) is 14.4 Å². The molecule has 0 spiro atoms. The standard InChI is InChI=1S/C22H22BrClN2/c23-18-10-6-9-17(13-18)21-14-26(15-25-21)22(16-7-2-1-3-8-16)19-11-4-5-12-20(19)24/h1-5,7-8,11-12,14-15,17-18,22H,6,9-10,13H2. The van der Waals surface area contributed by atoms with Gasteiger partial charge in [-0.2, -0.15) is 0 Å². The molecule has 0 radical (unpaired) electrons. The van der Waals surface area contributed by atoms with E-state index in [0.717, 1.165) is 10.6 Å². The van der Waals surface area contributed by atoms with E-state index in [4.69, 9.17) is 16.6 Å². The van der Waals surface area contributed by atoms with Gasteiger partial charge in [-0.1, -0.05) is 82.5 Å². The molecule has 0 aliphatic heterocycles. The minimum atomic E-state index is 0.0366. The fraction of sp³-hybridized carbons (Fsp3) is 0.318. The number of aromatic nitrogens is 2. The lowest BCUT2D eigenvalue weighted by Gasteiger charge is -2.24. The number of hydrogen-bond donors (Lipinski definition) is 0. The second-order valence-electron chi connectivity index (χ2n) is 7.04. The Kier molecular flexibility index (Phi) is 5.46. The molecule has 0 saturated heterocycles. The summed E-state index contributed by atoms with van der Waals surface area (Å²) >= 11 is 10.3. The van der Waals surface area contributed by atoms with Gasteiger partial charge in [0.25, 0.3) is 0 Å². The molecular formula is C22H22BrClN2. The van der Waals surface area contributed by atoms with E-state index in [2.05, 4.69) is 57.0 Å². The van der Waals surface area contributed by atoms with Crippen LogP contribution in [0.25, 0.3) is 0 Å². The summed E-state index contributed by atoms with van der Waals surface area (Å²) in [7, 11) is 0. The van der Waals surface area contributed by atoms with Gasteiger partial charge in [0.1, 0.15) is 0 Å². The highest BCUT2D eigenvalue weighted by atomic mass is 79.9. The first-order valence-electron chi connectivity index (χ1n) is 9.19. The van der Waals surface area contributed by atoms with Crippen molar-refractivity contribution in [1.29, 1.82) is 0 Å². The van der Waals surface area contributed by atoms with Crippen LogP contribution in [0, 0.1) is 0 Å². The molecule has 26 heavy (non-hydrogen) atoms. The first kappa shape index (κ1) is 17.8. The second kappa shape index (κ2) is 7.98. The van der Waals surface area contributed by atoms with Gasteiger partial charge in [0.2, 0.25) is 0 Å². The third kappa shape index (κ3) is 3.74. The molecule has 2 nitrogen and oxygen atoms in total. The van der Waals surface area contributed by atoms with Gasteiger partial charge in [0, 0.05) is 22.0 Å². The fourth-order valence-electron chi connectivity index (χ4n) is 3.95. The zero-order chi connectivity index (χ0) is 17.9. The van der Waals surface area contributed by atoms with Crippen LogP contribution in [0.3, 0.4) is 0 Å². The second-order valence-corrected chi connectivity index (χ2v) is 8.74. The Labute approximate surface area is 168 Å². The van der Waals surface area contributed by atoms with Crippen LogP contribution in [0.5, 0.6) is 0 Å². The zero-order valence-corrected chi connectivity index (χ0v) is 16.9. The molecular weight excluding hydrogens is 408 g/mol. The van der Waals surface area contributed by atoms with Crippen LogP contribution in [0.2, 0.25) is 5.02 Å². The third-order valence-corrected chi connectivity index (χ3v) is 6.44. The Bertz CT molecular complexity index is 861. The summed E-state index contributed by atoms with van der Waals surface area (Å²) < 4.78 is 2.21. The van der Waals surface area contributed by atoms with Gasteiger partial charge >= 0.3 is 0 Å². The molecule has 3 atom stereocenters. The predicted octanol–water partition coefficient (Wildman–Crippen LogP) is 6.60. The molecule has 3 aromatic rings. The first-order chi connectivity index (χ1) is 12.7. The van der Waals surface area contributed by atoms with Crippen molar-refractivity contribution in [3.63, 3.8) is 0 Å². The highest BCUT2D eigenvalue weighted by Gasteiger charge is 2.25. The van der Waals surface area contributed by atoms with E-state index < -0.39 is 0 Å².